The molecule has 0 bridgehead atoms. The van der Waals surface area contributed by atoms with Crippen molar-refractivity contribution in [3.05, 3.63) is 29.0 Å². The average molecular weight is 331 g/mol. The Hall–Kier alpha value is -2.50. The average Bonchev–Trinajstić information content (AvgIpc) is 2.59. The van der Waals surface area contributed by atoms with E-state index in [1.165, 1.54) is 0 Å². The first kappa shape index (κ1) is 16.4. The van der Waals surface area contributed by atoms with Crippen LogP contribution in [0.4, 0.5) is 0 Å². The van der Waals surface area contributed by atoms with Gasteiger partial charge < -0.3 is 19.5 Å². The summed E-state index contributed by atoms with van der Waals surface area (Å²) in [5.74, 6) is 1.28. The third kappa shape index (κ3) is 2.72. The Balaban J connectivity index is 2.13. The van der Waals surface area contributed by atoms with Gasteiger partial charge in [0.05, 0.1) is 21.3 Å². The monoisotopic (exact) mass is 331 g/mol. The molecule has 1 aromatic rings. The molecule has 24 heavy (non-hydrogen) atoms. The van der Waals surface area contributed by atoms with Crippen molar-refractivity contribution in [2.75, 3.05) is 21.3 Å². The summed E-state index contributed by atoms with van der Waals surface area (Å²) < 4.78 is 16.1. The summed E-state index contributed by atoms with van der Waals surface area (Å²) in [7, 11) is 4.63. The molecule has 1 heterocycles. The van der Waals surface area contributed by atoms with Crippen molar-refractivity contribution in [1.29, 1.82) is 0 Å². The number of ether oxygens (including phenoxy) is 3. The second kappa shape index (κ2) is 6.55. The van der Waals surface area contributed by atoms with Crippen LogP contribution in [0.1, 0.15) is 37.2 Å². The highest BCUT2D eigenvalue weighted by Gasteiger charge is 2.35. The van der Waals surface area contributed by atoms with Gasteiger partial charge in [-0.15, -0.1) is 0 Å². The molecule has 1 aromatic carbocycles. The Morgan fingerprint density at radius 2 is 1.67 bits per heavy atom. The molecule has 1 N–H and O–H groups in total. The number of amides is 1. The number of allylic oxidation sites excluding steroid dienone is 2. The minimum atomic E-state index is -0.282. The maximum Gasteiger partial charge on any atom is 0.225 e. The highest BCUT2D eigenvalue weighted by atomic mass is 16.5. The summed E-state index contributed by atoms with van der Waals surface area (Å²) in [4.78, 5) is 24.6. The SMILES string of the molecule is COc1cc([C@@H]2CC(=O)NC3=C2C(=O)CCC3)cc(OC)c1OC. The van der Waals surface area contributed by atoms with Gasteiger partial charge in [0.2, 0.25) is 11.7 Å². The number of Topliss-reactive ketones (excluding diaryl/α,β-unsaturated/α-hetero) is 1. The molecule has 1 atom stereocenters. The lowest BCUT2D eigenvalue weighted by Crippen LogP contribution is -2.36. The van der Waals surface area contributed by atoms with Gasteiger partial charge in [0, 0.05) is 30.0 Å². The van der Waals surface area contributed by atoms with E-state index in [1.807, 2.05) is 12.1 Å². The molecular weight excluding hydrogens is 310 g/mol. The van der Waals surface area contributed by atoms with Crippen molar-refractivity contribution < 1.29 is 23.8 Å². The van der Waals surface area contributed by atoms with Crippen LogP contribution in [0.15, 0.2) is 23.4 Å². The van der Waals surface area contributed by atoms with E-state index in [2.05, 4.69) is 5.32 Å². The van der Waals surface area contributed by atoms with Gasteiger partial charge in [0.15, 0.2) is 17.3 Å². The third-order valence-electron chi connectivity index (χ3n) is 4.57. The van der Waals surface area contributed by atoms with Crippen LogP contribution in [-0.4, -0.2) is 33.0 Å². The van der Waals surface area contributed by atoms with Gasteiger partial charge in [-0.05, 0) is 30.5 Å². The molecule has 6 nitrogen and oxygen atoms in total. The summed E-state index contributed by atoms with van der Waals surface area (Å²) in [6.45, 7) is 0. The maximum atomic E-state index is 12.5. The zero-order valence-electron chi connectivity index (χ0n) is 14.1. The molecule has 0 radical (unpaired) electrons. The molecule has 1 aliphatic heterocycles. The first-order chi connectivity index (χ1) is 11.6. The number of hydrogen-bond acceptors (Lipinski definition) is 5. The Labute approximate surface area is 140 Å². The Bertz CT molecular complexity index is 697. The molecule has 0 unspecified atom stereocenters. The number of methoxy groups -OCH3 is 3. The van der Waals surface area contributed by atoms with E-state index in [-0.39, 0.29) is 24.0 Å². The van der Waals surface area contributed by atoms with Crippen LogP contribution in [0.25, 0.3) is 0 Å². The molecule has 1 amide bonds. The second-order valence-corrected chi connectivity index (χ2v) is 5.93. The number of rotatable bonds is 4. The third-order valence-corrected chi connectivity index (χ3v) is 4.57. The number of benzene rings is 1. The van der Waals surface area contributed by atoms with Crippen LogP contribution < -0.4 is 19.5 Å². The first-order valence-corrected chi connectivity index (χ1v) is 7.95. The van der Waals surface area contributed by atoms with Crippen molar-refractivity contribution in [3.63, 3.8) is 0 Å². The van der Waals surface area contributed by atoms with E-state index < -0.39 is 0 Å². The molecule has 0 saturated carbocycles. The van der Waals surface area contributed by atoms with Gasteiger partial charge >= 0.3 is 0 Å². The molecule has 0 aromatic heterocycles. The van der Waals surface area contributed by atoms with Crippen LogP contribution in [0.5, 0.6) is 17.2 Å². The lowest BCUT2D eigenvalue weighted by molar-refractivity contribution is -0.122. The number of carbonyl (C=O) groups excluding carboxylic acids is 2. The highest BCUT2D eigenvalue weighted by Crippen LogP contribution is 2.44. The van der Waals surface area contributed by atoms with E-state index in [4.69, 9.17) is 14.2 Å². The fourth-order valence-corrected chi connectivity index (χ4v) is 3.49. The smallest absolute Gasteiger partial charge is 0.225 e. The molecule has 0 fully saturated rings. The van der Waals surface area contributed by atoms with Crippen molar-refractivity contribution in [1.82, 2.24) is 5.32 Å². The fourth-order valence-electron chi connectivity index (χ4n) is 3.49. The summed E-state index contributed by atoms with van der Waals surface area (Å²) in [5, 5.41) is 2.86. The molecule has 0 spiro atoms. The normalized spacial score (nSPS) is 20.4. The summed E-state index contributed by atoms with van der Waals surface area (Å²) in [6.07, 6.45) is 2.27. The molecule has 0 saturated heterocycles. The predicted molar refractivity (Wildman–Crippen MR) is 87.5 cm³/mol. The largest absolute Gasteiger partial charge is 0.493 e. The standard InChI is InChI=1S/C18H21NO5/c1-22-14-7-10(8-15(23-2)18(14)24-3)11-9-16(21)19-12-5-4-6-13(20)17(11)12/h7-8,11H,4-6,9H2,1-3H3,(H,19,21)/t11-/m0/s1. The fraction of sp³-hybridized carbons (Fsp3) is 0.444. The summed E-state index contributed by atoms with van der Waals surface area (Å²) in [5.41, 5.74) is 2.30. The Morgan fingerprint density at radius 1 is 1.00 bits per heavy atom. The van der Waals surface area contributed by atoms with E-state index in [9.17, 15) is 9.59 Å². The summed E-state index contributed by atoms with van der Waals surface area (Å²) >= 11 is 0. The van der Waals surface area contributed by atoms with Crippen LogP contribution in [0.3, 0.4) is 0 Å². The molecular formula is C18H21NO5. The van der Waals surface area contributed by atoms with Crippen molar-refractivity contribution in [3.8, 4) is 17.2 Å². The quantitative estimate of drug-likeness (QED) is 0.916. The summed E-state index contributed by atoms with van der Waals surface area (Å²) in [6, 6.07) is 3.63. The first-order valence-electron chi connectivity index (χ1n) is 7.95. The van der Waals surface area contributed by atoms with E-state index >= 15 is 0 Å². The van der Waals surface area contributed by atoms with Gasteiger partial charge in [0.1, 0.15) is 0 Å². The molecule has 6 heteroatoms. The van der Waals surface area contributed by atoms with Gasteiger partial charge in [-0.25, -0.2) is 0 Å². The van der Waals surface area contributed by atoms with Gasteiger partial charge in [0.25, 0.3) is 0 Å². The van der Waals surface area contributed by atoms with Gasteiger partial charge in [-0.1, -0.05) is 0 Å². The minimum Gasteiger partial charge on any atom is -0.493 e. The highest BCUT2D eigenvalue weighted by molar-refractivity contribution is 6.01. The minimum absolute atomic E-state index is 0.0674. The number of carbonyl (C=O) groups is 2. The predicted octanol–water partition coefficient (Wildman–Crippen LogP) is 2.32. The van der Waals surface area contributed by atoms with E-state index in [0.29, 0.717) is 23.7 Å². The molecule has 3 rings (SSSR count). The molecule has 1 aliphatic carbocycles. The van der Waals surface area contributed by atoms with Crippen LogP contribution >= 0.6 is 0 Å². The zero-order valence-corrected chi connectivity index (χ0v) is 14.1. The number of ketones is 1. The van der Waals surface area contributed by atoms with Gasteiger partial charge in [-0.3, -0.25) is 9.59 Å². The van der Waals surface area contributed by atoms with Gasteiger partial charge in [-0.2, -0.15) is 0 Å². The second-order valence-electron chi connectivity index (χ2n) is 5.93. The van der Waals surface area contributed by atoms with Crippen molar-refractivity contribution in [2.45, 2.75) is 31.6 Å². The molecule has 2 aliphatic rings. The molecule has 128 valence electrons. The lowest BCUT2D eigenvalue weighted by atomic mass is 9.78. The van der Waals surface area contributed by atoms with E-state index in [1.54, 1.807) is 21.3 Å². The van der Waals surface area contributed by atoms with Crippen LogP contribution in [0.2, 0.25) is 0 Å². The van der Waals surface area contributed by atoms with Crippen molar-refractivity contribution >= 4 is 11.7 Å². The topological polar surface area (TPSA) is 73.9 Å². The van der Waals surface area contributed by atoms with Crippen LogP contribution in [0, 0.1) is 0 Å². The number of hydrogen-bond donors (Lipinski definition) is 1. The zero-order chi connectivity index (χ0) is 17.3. The van der Waals surface area contributed by atoms with Crippen LogP contribution in [-0.2, 0) is 9.59 Å². The van der Waals surface area contributed by atoms with E-state index in [0.717, 1.165) is 29.7 Å². The maximum absolute atomic E-state index is 12.5. The lowest BCUT2D eigenvalue weighted by Gasteiger charge is -2.31. The Morgan fingerprint density at radius 3 is 2.25 bits per heavy atom. The Kier molecular flexibility index (Phi) is 4.46. The van der Waals surface area contributed by atoms with Crippen molar-refractivity contribution in [2.24, 2.45) is 0 Å². The number of nitrogens with one attached hydrogen (secondary N) is 1.